The number of fused-ring (bicyclic) bond motifs is 1. The van der Waals surface area contributed by atoms with Gasteiger partial charge < -0.3 is 10.1 Å². The zero-order valence-electron chi connectivity index (χ0n) is 11.1. The Kier molecular flexibility index (Phi) is 4.36. The molecule has 5 heteroatoms. The molecule has 0 saturated heterocycles. The summed E-state index contributed by atoms with van der Waals surface area (Å²) < 4.78 is 5.38. The molecule has 1 aliphatic rings. The van der Waals surface area contributed by atoms with E-state index in [4.69, 9.17) is 4.74 Å². The smallest absolute Gasteiger partial charge is 0.272 e. The van der Waals surface area contributed by atoms with Crippen LogP contribution < -0.4 is 5.32 Å². The number of nitrogens with zero attached hydrogens (tertiary/aromatic N) is 1. The molecule has 0 saturated carbocycles. The number of rotatable bonds is 5. The van der Waals surface area contributed by atoms with Gasteiger partial charge in [0.05, 0.1) is 12.7 Å². The SMILES string of the molecule is CC(C)OCCNC(=O)c1n[nH]c2c1CCCC2. The van der Waals surface area contributed by atoms with E-state index < -0.39 is 0 Å². The van der Waals surface area contributed by atoms with Gasteiger partial charge in [-0.1, -0.05) is 0 Å². The van der Waals surface area contributed by atoms with Gasteiger partial charge >= 0.3 is 0 Å². The van der Waals surface area contributed by atoms with Crippen molar-refractivity contribution in [3.63, 3.8) is 0 Å². The number of carbonyl (C=O) groups is 1. The van der Waals surface area contributed by atoms with E-state index in [9.17, 15) is 4.79 Å². The summed E-state index contributed by atoms with van der Waals surface area (Å²) in [5.41, 5.74) is 2.79. The standard InChI is InChI=1S/C13H21N3O2/c1-9(2)18-8-7-14-13(17)12-10-5-3-4-6-11(10)15-16-12/h9H,3-8H2,1-2H3,(H,14,17)(H,15,16). The first-order valence-electron chi connectivity index (χ1n) is 6.64. The fraction of sp³-hybridized carbons (Fsp3) is 0.692. The first-order chi connectivity index (χ1) is 8.68. The first-order valence-corrected chi connectivity index (χ1v) is 6.64. The Labute approximate surface area is 107 Å². The van der Waals surface area contributed by atoms with E-state index >= 15 is 0 Å². The van der Waals surface area contributed by atoms with E-state index in [-0.39, 0.29) is 12.0 Å². The van der Waals surface area contributed by atoms with Gasteiger partial charge in [-0.05, 0) is 39.5 Å². The number of aryl methyl sites for hydroxylation is 1. The van der Waals surface area contributed by atoms with E-state index in [0.29, 0.717) is 18.8 Å². The quantitative estimate of drug-likeness (QED) is 0.778. The molecule has 0 fully saturated rings. The Bertz CT molecular complexity index is 412. The van der Waals surface area contributed by atoms with E-state index in [2.05, 4.69) is 15.5 Å². The van der Waals surface area contributed by atoms with Crippen molar-refractivity contribution >= 4 is 5.91 Å². The van der Waals surface area contributed by atoms with Crippen LogP contribution in [0.4, 0.5) is 0 Å². The van der Waals surface area contributed by atoms with Gasteiger partial charge in [0.25, 0.3) is 5.91 Å². The van der Waals surface area contributed by atoms with Crippen LogP contribution in [0.5, 0.6) is 0 Å². The number of carbonyl (C=O) groups excluding carboxylic acids is 1. The highest BCUT2D eigenvalue weighted by atomic mass is 16.5. The highest BCUT2D eigenvalue weighted by Gasteiger charge is 2.21. The molecule has 0 aliphatic heterocycles. The molecule has 1 aliphatic carbocycles. The average molecular weight is 251 g/mol. The Balaban J connectivity index is 1.87. The third-order valence-electron chi connectivity index (χ3n) is 3.11. The summed E-state index contributed by atoms with van der Waals surface area (Å²) in [7, 11) is 0. The summed E-state index contributed by atoms with van der Waals surface area (Å²) in [6, 6.07) is 0. The molecule has 1 amide bonds. The van der Waals surface area contributed by atoms with E-state index in [0.717, 1.165) is 30.5 Å². The van der Waals surface area contributed by atoms with Crippen molar-refractivity contribution in [2.75, 3.05) is 13.2 Å². The molecule has 0 aromatic carbocycles. The number of nitrogens with one attached hydrogen (secondary N) is 2. The first kappa shape index (κ1) is 13.1. The number of aromatic nitrogens is 2. The van der Waals surface area contributed by atoms with Crippen molar-refractivity contribution in [3.8, 4) is 0 Å². The molecule has 2 rings (SSSR count). The molecule has 2 N–H and O–H groups in total. The lowest BCUT2D eigenvalue weighted by Crippen LogP contribution is -2.29. The summed E-state index contributed by atoms with van der Waals surface area (Å²) >= 11 is 0. The summed E-state index contributed by atoms with van der Waals surface area (Å²) in [6.07, 6.45) is 4.48. The Morgan fingerprint density at radius 1 is 1.44 bits per heavy atom. The number of amides is 1. The van der Waals surface area contributed by atoms with Crippen molar-refractivity contribution in [2.24, 2.45) is 0 Å². The van der Waals surface area contributed by atoms with Crippen molar-refractivity contribution in [2.45, 2.75) is 45.6 Å². The maximum absolute atomic E-state index is 12.0. The average Bonchev–Trinajstić information content (AvgIpc) is 2.78. The van der Waals surface area contributed by atoms with Gasteiger partial charge in [-0.2, -0.15) is 5.10 Å². The van der Waals surface area contributed by atoms with Gasteiger partial charge in [0, 0.05) is 17.8 Å². The maximum atomic E-state index is 12.0. The zero-order chi connectivity index (χ0) is 13.0. The second-order valence-electron chi connectivity index (χ2n) is 4.91. The van der Waals surface area contributed by atoms with Crippen LogP contribution in [0.2, 0.25) is 0 Å². The second-order valence-corrected chi connectivity index (χ2v) is 4.91. The van der Waals surface area contributed by atoms with Gasteiger partial charge in [0.1, 0.15) is 0 Å². The van der Waals surface area contributed by atoms with Gasteiger partial charge in [0.15, 0.2) is 5.69 Å². The molecular weight excluding hydrogens is 230 g/mol. The third-order valence-corrected chi connectivity index (χ3v) is 3.11. The van der Waals surface area contributed by atoms with Crippen LogP contribution >= 0.6 is 0 Å². The molecule has 100 valence electrons. The Morgan fingerprint density at radius 3 is 3.00 bits per heavy atom. The van der Waals surface area contributed by atoms with Crippen LogP contribution in [-0.2, 0) is 17.6 Å². The minimum Gasteiger partial charge on any atom is -0.377 e. The number of H-pyrrole nitrogens is 1. The van der Waals surface area contributed by atoms with Crippen LogP contribution in [0.25, 0.3) is 0 Å². The second kappa shape index (κ2) is 6.00. The van der Waals surface area contributed by atoms with Crippen molar-refractivity contribution in [3.05, 3.63) is 17.0 Å². The molecule has 18 heavy (non-hydrogen) atoms. The molecule has 1 aromatic rings. The fourth-order valence-corrected chi connectivity index (χ4v) is 2.21. The summed E-state index contributed by atoms with van der Waals surface area (Å²) in [5, 5.41) is 9.95. The Hall–Kier alpha value is -1.36. The van der Waals surface area contributed by atoms with Crippen molar-refractivity contribution in [1.82, 2.24) is 15.5 Å². The van der Waals surface area contributed by atoms with Crippen molar-refractivity contribution in [1.29, 1.82) is 0 Å². The lowest BCUT2D eigenvalue weighted by atomic mass is 9.96. The highest BCUT2D eigenvalue weighted by molar-refractivity contribution is 5.94. The maximum Gasteiger partial charge on any atom is 0.272 e. The van der Waals surface area contributed by atoms with E-state index in [1.54, 1.807) is 0 Å². The number of hydrogen-bond acceptors (Lipinski definition) is 3. The molecular formula is C13H21N3O2. The zero-order valence-corrected chi connectivity index (χ0v) is 11.1. The largest absolute Gasteiger partial charge is 0.377 e. The lowest BCUT2D eigenvalue weighted by molar-refractivity contribution is 0.0744. The van der Waals surface area contributed by atoms with Crippen LogP contribution in [0.15, 0.2) is 0 Å². The summed E-state index contributed by atoms with van der Waals surface area (Å²) in [4.78, 5) is 12.0. The molecule has 0 atom stereocenters. The molecule has 0 radical (unpaired) electrons. The number of aromatic amines is 1. The van der Waals surface area contributed by atoms with E-state index in [1.165, 1.54) is 6.42 Å². The normalized spacial score (nSPS) is 14.6. The van der Waals surface area contributed by atoms with Crippen LogP contribution in [0.1, 0.15) is 48.4 Å². The molecule has 0 unspecified atom stereocenters. The van der Waals surface area contributed by atoms with Crippen molar-refractivity contribution < 1.29 is 9.53 Å². The minimum atomic E-state index is -0.0956. The fourth-order valence-electron chi connectivity index (χ4n) is 2.21. The molecule has 1 aromatic heterocycles. The number of ether oxygens (including phenoxy) is 1. The van der Waals surface area contributed by atoms with Gasteiger partial charge in [-0.15, -0.1) is 0 Å². The highest BCUT2D eigenvalue weighted by Crippen LogP contribution is 2.21. The minimum absolute atomic E-state index is 0.0956. The Morgan fingerprint density at radius 2 is 2.22 bits per heavy atom. The topological polar surface area (TPSA) is 67.0 Å². The monoisotopic (exact) mass is 251 g/mol. The summed E-state index contributed by atoms with van der Waals surface area (Å²) in [5.74, 6) is -0.0956. The molecule has 1 heterocycles. The van der Waals surface area contributed by atoms with Gasteiger partial charge in [-0.25, -0.2) is 0 Å². The lowest BCUT2D eigenvalue weighted by Gasteiger charge is -2.11. The van der Waals surface area contributed by atoms with Crippen LogP contribution in [0, 0.1) is 0 Å². The van der Waals surface area contributed by atoms with Crippen LogP contribution in [0.3, 0.4) is 0 Å². The molecule has 0 spiro atoms. The molecule has 0 bridgehead atoms. The third kappa shape index (κ3) is 3.10. The van der Waals surface area contributed by atoms with Crippen LogP contribution in [-0.4, -0.2) is 35.4 Å². The summed E-state index contributed by atoms with van der Waals surface area (Å²) in [6.45, 7) is 5.02. The van der Waals surface area contributed by atoms with Gasteiger partial charge in [-0.3, -0.25) is 9.89 Å². The predicted molar refractivity (Wildman–Crippen MR) is 68.7 cm³/mol. The van der Waals surface area contributed by atoms with Gasteiger partial charge in [0.2, 0.25) is 0 Å². The molecule has 5 nitrogen and oxygen atoms in total. The predicted octanol–water partition coefficient (Wildman–Crippen LogP) is 1.44. The van der Waals surface area contributed by atoms with E-state index in [1.807, 2.05) is 13.8 Å². The number of hydrogen-bond donors (Lipinski definition) is 2.